The number of carbonyl (C=O) groups is 1. The van der Waals surface area contributed by atoms with Crippen LogP contribution < -0.4 is 5.32 Å². The third kappa shape index (κ3) is 3.19. The highest BCUT2D eigenvalue weighted by molar-refractivity contribution is 6.31. The van der Waals surface area contributed by atoms with Crippen LogP contribution in [0.5, 0.6) is 0 Å². The topological polar surface area (TPSA) is 75.5 Å². The molecule has 6 nitrogen and oxygen atoms in total. The molecule has 2 aliphatic heterocycles. The maximum absolute atomic E-state index is 12.8. The van der Waals surface area contributed by atoms with E-state index >= 15 is 0 Å². The van der Waals surface area contributed by atoms with Crippen LogP contribution in [0, 0.1) is 10.1 Å². The summed E-state index contributed by atoms with van der Waals surface area (Å²) in [5.41, 5.74) is 0.152. The van der Waals surface area contributed by atoms with Gasteiger partial charge in [0, 0.05) is 41.3 Å². The first-order valence-corrected chi connectivity index (χ1v) is 7.42. The SMILES string of the molecule is Cl.O=C(c1cc(Cl)cc([N+](=O)[O-])c1)N1C2CCNCC1CC2. The molecule has 3 rings (SSSR count). The predicted octanol–water partition coefficient (Wildman–Crippen LogP) is 2.64. The Morgan fingerprint density at radius 3 is 2.73 bits per heavy atom. The van der Waals surface area contributed by atoms with Crippen molar-refractivity contribution in [2.24, 2.45) is 0 Å². The standard InChI is InChI=1S/C14H16ClN3O3.ClH/c15-10-5-9(6-13(7-10)18(20)21)14(19)17-11-1-2-12(17)8-16-4-3-11;/h5-7,11-12,16H,1-4,8H2;1H. The summed E-state index contributed by atoms with van der Waals surface area (Å²) in [4.78, 5) is 25.0. The summed E-state index contributed by atoms with van der Waals surface area (Å²) >= 11 is 5.91. The van der Waals surface area contributed by atoms with Gasteiger partial charge in [-0.15, -0.1) is 12.4 Å². The van der Waals surface area contributed by atoms with Gasteiger partial charge < -0.3 is 10.2 Å². The van der Waals surface area contributed by atoms with Crippen LogP contribution in [0.25, 0.3) is 0 Å². The van der Waals surface area contributed by atoms with E-state index in [2.05, 4.69) is 5.32 Å². The van der Waals surface area contributed by atoms with Crippen molar-refractivity contribution in [3.05, 3.63) is 38.9 Å². The number of nitro groups is 1. The predicted molar refractivity (Wildman–Crippen MR) is 85.8 cm³/mol. The molecule has 2 saturated heterocycles. The Labute approximate surface area is 139 Å². The van der Waals surface area contributed by atoms with Gasteiger partial charge in [0.1, 0.15) is 0 Å². The number of nitrogens with zero attached hydrogens (tertiary/aromatic N) is 2. The smallest absolute Gasteiger partial charge is 0.271 e. The van der Waals surface area contributed by atoms with Gasteiger partial charge in [-0.25, -0.2) is 0 Å². The molecule has 0 aromatic heterocycles. The normalized spacial score (nSPS) is 23.6. The second-order valence-corrected chi connectivity index (χ2v) is 5.98. The molecule has 2 atom stereocenters. The number of rotatable bonds is 2. The zero-order chi connectivity index (χ0) is 15.0. The van der Waals surface area contributed by atoms with Crippen LogP contribution >= 0.6 is 24.0 Å². The van der Waals surface area contributed by atoms with Crippen LogP contribution in [0.4, 0.5) is 5.69 Å². The number of carbonyl (C=O) groups excluding carboxylic acids is 1. The van der Waals surface area contributed by atoms with Crippen molar-refractivity contribution in [1.82, 2.24) is 10.2 Å². The summed E-state index contributed by atoms with van der Waals surface area (Å²) in [6.07, 6.45) is 2.90. The van der Waals surface area contributed by atoms with Crippen LogP contribution in [0.15, 0.2) is 18.2 Å². The number of non-ortho nitro benzene ring substituents is 1. The van der Waals surface area contributed by atoms with E-state index in [0.29, 0.717) is 5.56 Å². The first-order chi connectivity index (χ1) is 10.1. The lowest BCUT2D eigenvalue weighted by Crippen LogP contribution is -2.42. The Morgan fingerprint density at radius 2 is 2.00 bits per heavy atom. The lowest BCUT2D eigenvalue weighted by atomic mass is 10.1. The Morgan fingerprint density at radius 1 is 1.27 bits per heavy atom. The highest BCUT2D eigenvalue weighted by Gasteiger charge is 2.38. The van der Waals surface area contributed by atoms with Gasteiger partial charge >= 0.3 is 0 Å². The molecule has 2 bridgehead atoms. The van der Waals surface area contributed by atoms with Crippen molar-refractivity contribution in [3.63, 3.8) is 0 Å². The molecule has 1 aromatic carbocycles. The van der Waals surface area contributed by atoms with Crippen molar-refractivity contribution in [2.45, 2.75) is 31.3 Å². The maximum atomic E-state index is 12.8. The van der Waals surface area contributed by atoms with Gasteiger partial charge in [0.25, 0.3) is 11.6 Å². The molecule has 22 heavy (non-hydrogen) atoms. The van der Waals surface area contributed by atoms with E-state index in [1.54, 1.807) is 0 Å². The molecule has 0 radical (unpaired) electrons. The van der Waals surface area contributed by atoms with Crippen molar-refractivity contribution < 1.29 is 9.72 Å². The molecule has 8 heteroatoms. The lowest BCUT2D eigenvalue weighted by Gasteiger charge is -2.28. The van der Waals surface area contributed by atoms with Crippen LogP contribution in [0.3, 0.4) is 0 Å². The fourth-order valence-corrected chi connectivity index (χ4v) is 3.50. The highest BCUT2D eigenvalue weighted by atomic mass is 35.5. The molecular formula is C14H17Cl2N3O3. The summed E-state index contributed by atoms with van der Waals surface area (Å²) in [7, 11) is 0. The average molecular weight is 346 g/mol. The monoisotopic (exact) mass is 345 g/mol. The summed E-state index contributed by atoms with van der Waals surface area (Å²) in [6.45, 7) is 1.69. The fourth-order valence-electron chi connectivity index (χ4n) is 3.27. The number of fused-ring (bicyclic) bond motifs is 2. The quantitative estimate of drug-likeness (QED) is 0.660. The Bertz CT molecular complexity index is 583. The van der Waals surface area contributed by atoms with E-state index in [1.165, 1.54) is 18.2 Å². The Balaban J connectivity index is 0.00000176. The molecule has 0 aliphatic carbocycles. The summed E-state index contributed by atoms with van der Waals surface area (Å²) in [5, 5.41) is 14.5. The highest BCUT2D eigenvalue weighted by Crippen LogP contribution is 2.31. The Hall–Kier alpha value is -1.37. The van der Waals surface area contributed by atoms with Gasteiger partial charge in [-0.2, -0.15) is 0 Å². The lowest BCUT2D eigenvalue weighted by molar-refractivity contribution is -0.384. The zero-order valence-corrected chi connectivity index (χ0v) is 13.4. The third-order valence-corrected chi connectivity index (χ3v) is 4.45. The minimum absolute atomic E-state index is 0. The first-order valence-electron chi connectivity index (χ1n) is 7.04. The molecule has 1 N–H and O–H groups in total. The average Bonchev–Trinajstić information content (AvgIpc) is 2.70. The third-order valence-electron chi connectivity index (χ3n) is 4.23. The molecule has 2 heterocycles. The zero-order valence-electron chi connectivity index (χ0n) is 11.8. The maximum Gasteiger partial charge on any atom is 0.271 e. The molecule has 2 unspecified atom stereocenters. The summed E-state index contributed by atoms with van der Waals surface area (Å²) in [6, 6.07) is 4.47. The largest absolute Gasteiger partial charge is 0.331 e. The molecule has 0 saturated carbocycles. The molecule has 1 amide bonds. The second kappa shape index (κ2) is 6.81. The number of hydrogen-bond acceptors (Lipinski definition) is 4. The summed E-state index contributed by atoms with van der Waals surface area (Å²) in [5.74, 6) is -0.156. The molecule has 1 aromatic rings. The van der Waals surface area contributed by atoms with E-state index in [0.717, 1.165) is 32.4 Å². The van der Waals surface area contributed by atoms with Crippen LogP contribution in [-0.2, 0) is 0 Å². The van der Waals surface area contributed by atoms with Crippen LogP contribution in [0.1, 0.15) is 29.6 Å². The summed E-state index contributed by atoms with van der Waals surface area (Å²) < 4.78 is 0. The number of hydrogen-bond donors (Lipinski definition) is 1. The fraction of sp³-hybridized carbons (Fsp3) is 0.500. The van der Waals surface area contributed by atoms with Gasteiger partial charge in [-0.3, -0.25) is 14.9 Å². The molecule has 2 fully saturated rings. The van der Waals surface area contributed by atoms with E-state index in [1.807, 2.05) is 4.90 Å². The van der Waals surface area contributed by atoms with Crippen LogP contribution in [0.2, 0.25) is 5.02 Å². The minimum atomic E-state index is -0.527. The van der Waals surface area contributed by atoms with E-state index in [-0.39, 0.29) is 41.1 Å². The van der Waals surface area contributed by atoms with Gasteiger partial charge in [0.2, 0.25) is 0 Å². The van der Waals surface area contributed by atoms with Crippen LogP contribution in [-0.4, -0.2) is 40.9 Å². The van der Waals surface area contributed by atoms with Gasteiger partial charge in [-0.05, 0) is 31.9 Å². The van der Waals surface area contributed by atoms with E-state index in [4.69, 9.17) is 11.6 Å². The first kappa shape index (κ1) is 17.0. The number of benzene rings is 1. The minimum Gasteiger partial charge on any atom is -0.331 e. The van der Waals surface area contributed by atoms with E-state index in [9.17, 15) is 14.9 Å². The van der Waals surface area contributed by atoms with Gasteiger partial charge in [0.15, 0.2) is 0 Å². The van der Waals surface area contributed by atoms with Gasteiger partial charge in [0.05, 0.1) is 4.92 Å². The molecular weight excluding hydrogens is 329 g/mol. The van der Waals surface area contributed by atoms with Gasteiger partial charge in [-0.1, -0.05) is 11.6 Å². The number of halogens is 2. The number of nitro benzene ring substituents is 1. The van der Waals surface area contributed by atoms with Crippen molar-refractivity contribution in [3.8, 4) is 0 Å². The Kier molecular flexibility index (Phi) is 5.26. The molecule has 120 valence electrons. The number of nitrogens with one attached hydrogen (secondary N) is 1. The number of amides is 1. The molecule has 2 aliphatic rings. The van der Waals surface area contributed by atoms with Crippen molar-refractivity contribution in [2.75, 3.05) is 13.1 Å². The second-order valence-electron chi connectivity index (χ2n) is 5.55. The van der Waals surface area contributed by atoms with Crippen molar-refractivity contribution in [1.29, 1.82) is 0 Å². The molecule has 0 spiro atoms. The van der Waals surface area contributed by atoms with E-state index < -0.39 is 4.92 Å². The van der Waals surface area contributed by atoms with Crippen molar-refractivity contribution >= 4 is 35.6 Å².